The molecule has 2 saturated carbocycles. The van der Waals surface area contributed by atoms with Gasteiger partial charge in [-0.3, -0.25) is 18.8 Å². The molecule has 3 amide bonds. The van der Waals surface area contributed by atoms with Crippen molar-refractivity contribution in [3.63, 3.8) is 0 Å². The van der Waals surface area contributed by atoms with Crippen molar-refractivity contribution in [2.45, 2.75) is 69.0 Å². The van der Waals surface area contributed by atoms with E-state index in [1.807, 2.05) is 4.57 Å². The van der Waals surface area contributed by atoms with Crippen molar-refractivity contribution in [1.82, 2.24) is 29.3 Å². The van der Waals surface area contributed by atoms with Gasteiger partial charge in [-0.05, 0) is 38.5 Å². The number of imidazole rings is 1. The second-order valence-electron chi connectivity index (χ2n) is 8.85. The fourth-order valence-electron chi connectivity index (χ4n) is 5.23. The van der Waals surface area contributed by atoms with Crippen molar-refractivity contribution in [3.05, 3.63) is 16.7 Å². The first kappa shape index (κ1) is 19.1. The number of hydrogen-bond donors (Lipinski definition) is 2. The topological polar surface area (TPSA) is 114 Å². The highest BCUT2D eigenvalue weighted by molar-refractivity contribution is 6.06. The zero-order valence-electron chi connectivity index (χ0n) is 17.3. The number of fused-ring (bicyclic) bond motifs is 1. The van der Waals surface area contributed by atoms with Gasteiger partial charge in [0.1, 0.15) is 11.1 Å². The molecule has 2 aromatic heterocycles. The van der Waals surface area contributed by atoms with Crippen LogP contribution in [0.3, 0.4) is 0 Å². The number of carbonyl (C=O) groups is 2. The summed E-state index contributed by atoms with van der Waals surface area (Å²) in [5.74, 6) is 0.355. The van der Waals surface area contributed by atoms with E-state index in [0.717, 1.165) is 44.0 Å². The Kier molecular flexibility index (Phi) is 4.33. The maximum absolute atomic E-state index is 12.8. The number of carbonyl (C=O) groups excluding carboxylic acids is 2. The Morgan fingerprint density at radius 1 is 1.10 bits per heavy atom. The number of anilines is 1. The average Bonchev–Trinajstić information content (AvgIpc) is 3.40. The second-order valence-corrected chi connectivity index (χ2v) is 8.85. The summed E-state index contributed by atoms with van der Waals surface area (Å²) in [7, 11) is 3.28. The number of urea groups is 1. The molecule has 0 bridgehead atoms. The summed E-state index contributed by atoms with van der Waals surface area (Å²) in [6.07, 6.45) is 8.61. The van der Waals surface area contributed by atoms with E-state index in [1.165, 1.54) is 11.9 Å². The van der Waals surface area contributed by atoms with Crippen LogP contribution in [-0.2, 0) is 11.8 Å². The van der Waals surface area contributed by atoms with Gasteiger partial charge in [-0.2, -0.15) is 4.98 Å². The van der Waals surface area contributed by atoms with E-state index in [4.69, 9.17) is 4.98 Å². The van der Waals surface area contributed by atoms with E-state index in [1.54, 1.807) is 17.8 Å². The van der Waals surface area contributed by atoms with E-state index in [2.05, 4.69) is 15.6 Å². The molecule has 3 aliphatic rings. The predicted octanol–water partition coefficient (Wildman–Crippen LogP) is 1.52. The molecule has 160 valence electrons. The Labute approximate surface area is 173 Å². The molecule has 0 unspecified atom stereocenters. The summed E-state index contributed by atoms with van der Waals surface area (Å²) in [5.41, 5.74) is 0.612. The molecule has 10 heteroatoms. The molecule has 10 nitrogen and oxygen atoms in total. The Morgan fingerprint density at radius 3 is 2.43 bits per heavy atom. The molecular formula is C20H27N7O3. The molecule has 3 fully saturated rings. The van der Waals surface area contributed by atoms with Gasteiger partial charge >= 0.3 is 11.7 Å². The van der Waals surface area contributed by atoms with Crippen LogP contribution in [0.4, 0.5) is 10.7 Å². The molecule has 0 aromatic carbocycles. The molecule has 2 N–H and O–H groups in total. The SMILES string of the molecule is CN1C(=O)NC2(CCC(Nc3ncc4c(n3)n(C3CCCC3)c(=O)n4C)CC2)C1=O. The van der Waals surface area contributed by atoms with Crippen LogP contribution in [0.1, 0.15) is 57.4 Å². The number of aryl methyl sites for hydroxylation is 1. The minimum atomic E-state index is -0.767. The first-order chi connectivity index (χ1) is 14.4. The maximum atomic E-state index is 12.8. The number of nitrogens with zero attached hydrogens (tertiary/aromatic N) is 5. The highest BCUT2D eigenvalue weighted by Gasteiger charge is 2.51. The zero-order valence-corrected chi connectivity index (χ0v) is 17.3. The van der Waals surface area contributed by atoms with Crippen LogP contribution in [-0.4, -0.2) is 54.6 Å². The lowest BCUT2D eigenvalue weighted by Gasteiger charge is -2.35. The minimum Gasteiger partial charge on any atom is -0.351 e. The van der Waals surface area contributed by atoms with Crippen LogP contribution in [0.25, 0.3) is 11.2 Å². The van der Waals surface area contributed by atoms with E-state index >= 15 is 0 Å². The summed E-state index contributed by atoms with van der Waals surface area (Å²) >= 11 is 0. The Morgan fingerprint density at radius 2 is 1.80 bits per heavy atom. The molecule has 1 saturated heterocycles. The molecule has 30 heavy (non-hydrogen) atoms. The van der Waals surface area contributed by atoms with E-state index in [-0.39, 0.29) is 29.7 Å². The van der Waals surface area contributed by atoms with Crippen molar-refractivity contribution in [3.8, 4) is 0 Å². The third-order valence-corrected chi connectivity index (χ3v) is 7.06. The second kappa shape index (κ2) is 6.82. The summed E-state index contributed by atoms with van der Waals surface area (Å²) in [6, 6.07) is -0.0133. The molecule has 0 atom stereocenters. The molecular weight excluding hydrogens is 386 g/mol. The lowest BCUT2D eigenvalue weighted by molar-refractivity contribution is -0.131. The molecule has 1 aliphatic heterocycles. The maximum Gasteiger partial charge on any atom is 0.330 e. The molecule has 0 radical (unpaired) electrons. The fraction of sp³-hybridized carbons (Fsp3) is 0.650. The average molecular weight is 413 g/mol. The first-order valence-electron chi connectivity index (χ1n) is 10.7. The van der Waals surface area contributed by atoms with Crippen LogP contribution < -0.4 is 16.3 Å². The van der Waals surface area contributed by atoms with Crippen molar-refractivity contribution in [1.29, 1.82) is 0 Å². The van der Waals surface area contributed by atoms with Gasteiger partial charge in [0, 0.05) is 26.2 Å². The third kappa shape index (κ3) is 2.80. The van der Waals surface area contributed by atoms with E-state index in [9.17, 15) is 14.4 Å². The lowest BCUT2D eigenvalue weighted by Crippen LogP contribution is -2.51. The third-order valence-electron chi connectivity index (χ3n) is 7.06. The van der Waals surface area contributed by atoms with Crippen molar-refractivity contribution < 1.29 is 9.59 Å². The summed E-state index contributed by atoms with van der Waals surface area (Å²) < 4.78 is 3.44. The Bertz CT molecular complexity index is 1070. The quantitative estimate of drug-likeness (QED) is 0.738. The monoisotopic (exact) mass is 413 g/mol. The lowest BCUT2D eigenvalue weighted by atomic mass is 9.79. The van der Waals surface area contributed by atoms with Gasteiger partial charge in [0.15, 0.2) is 5.65 Å². The Balaban J connectivity index is 1.35. The standard InChI is InChI=1S/C20H27N7O3/c1-25-14-11-21-17(23-15(14)27(19(25)30)13-5-3-4-6-13)22-12-7-9-20(10-8-12)16(28)26(2)18(29)24-20/h11-13H,3-10H2,1-2H3,(H,24,29)(H,21,22,23). The van der Waals surface area contributed by atoms with Crippen molar-refractivity contribution >= 4 is 29.1 Å². The van der Waals surface area contributed by atoms with Gasteiger partial charge in [0.2, 0.25) is 5.95 Å². The van der Waals surface area contributed by atoms with Gasteiger partial charge in [-0.25, -0.2) is 14.6 Å². The number of hydrogen-bond acceptors (Lipinski definition) is 6. The molecule has 3 heterocycles. The van der Waals surface area contributed by atoms with Gasteiger partial charge in [0.25, 0.3) is 5.91 Å². The number of amides is 3. The molecule has 2 aromatic rings. The largest absolute Gasteiger partial charge is 0.351 e. The summed E-state index contributed by atoms with van der Waals surface area (Å²) in [4.78, 5) is 47.4. The number of nitrogens with one attached hydrogen (secondary N) is 2. The normalized spacial score (nSPS) is 27.4. The van der Waals surface area contributed by atoms with Crippen LogP contribution in [0, 0.1) is 0 Å². The molecule has 1 spiro atoms. The summed E-state index contributed by atoms with van der Waals surface area (Å²) in [5, 5.41) is 6.24. The molecule has 5 rings (SSSR count). The van der Waals surface area contributed by atoms with Gasteiger partial charge in [-0.15, -0.1) is 0 Å². The van der Waals surface area contributed by atoms with Gasteiger partial charge in [-0.1, -0.05) is 12.8 Å². The Hall–Kier alpha value is -2.91. The minimum absolute atomic E-state index is 0.0393. The smallest absolute Gasteiger partial charge is 0.330 e. The zero-order chi connectivity index (χ0) is 21.0. The van der Waals surface area contributed by atoms with Gasteiger partial charge in [0.05, 0.1) is 6.20 Å². The van der Waals surface area contributed by atoms with E-state index in [0.29, 0.717) is 24.4 Å². The van der Waals surface area contributed by atoms with Crippen LogP contribution >= 0.6 is 0 Å². The predicted molar refractivity (Wildman–Crippen MR) is 110 cm³/mol. The number of imide groups is 1. The van der Waals surface area contributed by atoms with Crippen LogP contribution in [0.15, 0.2) is 11.0 Å². The van der Waals surface area contributed by atoms with Crippen LogP contribution in [0.2, 0.25) is 0 Å². The number of likely N-dealkylation sites (N-methyl/N-ethyl adjacent to an activating group) is 1. The number of aromatic nitrogens is 4. The highest BCUT2D eigenvalue weighted by Crippen LogP contribution is 2.34. The highest BCUT2D eigenvalue weighted by atomic mass is 16.2. The molecule has 2 aliphatic carbocycles. The van der Waals surface area contributed by atoms with Crippen molar-refractivity contribution in [2.24, 2.45) is 7.05 Å². The summed E-state index contributed by atoms with van der Waals surface area (Å²) in [6.45, 7) is 0. The first-order valence-corrected chi connectivity index (χ1v) is 10.7. The van der Waals surface area contributed by atoms with Gasteiger partial charge < -0.3 is 10.6 Å². The van der Waals surface area contributed by atoms with Crippen molar-refractivity contribution in [2.75, 3.05) is 12.4 Å². The van der Waals surface area contributed by atoms with Crippen LogP contribution in [0.5, 0.6) is 0 Å². The number of rotatable bonds is 3. The van der Waals surface area contributed by atoms with E-state index < -0.39 is 5.54 Å². The fourth-order valence-corrected chi connectivity index (χ4v) is 5.23.